The molecule has 0 unspecified atom stereocenters. The molecule has 1 aromatic carbocycles. The van der Waals surface area contributed by atoms with E-state index in [1.165, 1.54) is 6.07 Å². The lowest BCUT2D eigenvalue weighted by molar-refractivity contribution is 0.0391. The van der Waals surface area contributed by atoms with Crippen molar-refractivity contribution in [2.75, 3.05) is 0 Å². The SMILES string of the molecule is Cc1ccc(F)c([C@H](N)[C@H](O)C(C)(C)C)c1. The summed E-state index contributed by atoms with van der Waals surface area (Å²) in [5.74, 6) is -0.360. The van der Waals surface area contributed by atoms with Crippen LogP contribution in [0.3, 0.4) is 0 Å². The molecule has 0 aliphatic heterocycles. The highest BCUT2D eigenvalue weighted by Crippen LogP contribution is 2.29. The maximum absolute atomic E-state index is 13.6. The Labute approximate surface area is 96.3 Å². The summed E-state index contributed by atoms with van der Waals surface area (Å²) in [5, 5.41) is 10.0. The highest BCUT2D eigenvalue weighted by molar-refractivity contribution is 5.27. The smallest absolute Gasteiger partial charge is 0.128 e. The quantitative estimate of drug-likeness (QED) is 0.812. The summed E-state index contributed by atoms with van der Waals surface area (Å²) >= 11 is 0. The average molecular weight is 225 g/mol. The van der Waals surface area contributed by atoms with E-state index in [2.05, 4.69) is 0 Å². The number of aryl methyl sites for hydroxylation is 1. The topological polar surface area (TPSA) is 46.2 Å². The third-order valence-corrected chi connectivity index (χ3v) is 2.74. The standard InChI is InChI=1S/C13H20FNO/c1-8-5-6-10(14)9(7-8)11(15)12(16)13(2,3)4/h5-7,11-12,16H,15H2,1-4H3/t11-,12-/m0/s1. The monoisotopic (exact) mass is 225 g/mol. The van der Waals surface area contributed by atoms with Crippen molar-refractivity contribution in [3.8, 4) is 0 Å². The van der Waals surface area contributed by atoms with Gasteiger partial charge in [0, 0.05) is 5.56 Å². The van der Waals surface area contributed by atoms with Crippen LogP contribution in [-0.4, -0.2) is 11.2 Å². The van der Waals surface area contributed by atoms with Gasteiger partial charge in [0.15, 0.2) is 0 Å². The minimum atomic E-state index is -0.774. The first-order valence-electron chi connectivity index (χ1n) is 5.43. The van der Waals surface area contributed by atoms with E-state index in [0.717, 1.165) is 5.56 Å². The van der Waals surface area contributed by atoms with Gasteiger partial charge in [-0.1, -0.05) is 38.5 Å². The highest BCUT2D eigenvalue weighted by Gasteiger charge is 2.30. The van der Waals surface area contributed by atoms with Crippen LogP contribution in [0.2, 0.25) is 0 Å². The molecule has 0 aliphatic rings. The van der Waals surface area contributed by atoms with E-state index < -0.39 is 12.1 Å². The summed E-state index contributed by atoms with van der Waals surface area (Å²) < 4.78 is 13.6. The Kier molecular flexibility index (Phi) is 3.71. The van der Waals surface area contributed by atoms with E-state index in [9.17, 15) is 9.50 Å². The number of aliphatic hydroxyl groups excluding tert-OH is 1. The van der Waals surface area contributed by atoms with Gasteiger partial charge in [-0.25, -0.2) is 4.39 Å². The fourth-order valence-electron chi connectivity index (χ4n) is 1.63. The molecule has 0 saturated heterocycles. The maximum Gasteiger partial charge on any atom is 0.128 e. The van der Waals surface area contributed by atoms with Crippen molar-refractivity contribution in [1.29, 1.82) is 0 Å². The van der Waals surface area contributed by atoms with Gasteiger partial charge >= 0.3 is 0 Å². The first-order valence-corrected chi connectivity index (χ1v) is 5.43. The Morgan fingerprint density at radius 2 is 1.88 bits per heavy atom. The fourth-order valence-corrected chi connectivity index (χ4v) is 1.63. The van der Waals surface area contributed by atoms with Crippen molar-refractivity contribution in [2.45, 2.75) is 39.8 Å². The minimum Gasteiger partial charge on any atom is -0.391 e. The van der Waals surface area contributed by atoms with E-state index >= 15 is 0 Å². The molecule has 0 saturated carbocycles. The second-order valence-electron chi connectivity index (χ2n) is 5.36. The van der Waals surface area contributed by atoms with Crippen molar-refractivity contribution in [1.82, 2.24) is 0 Å². The number of rotatable bonds is 2. The fraction of sp³-hybridized carbons (Fsp3) is 0.538. The van der Waals surface area contributed by atoms with Gasteiger partial charge in [0.05, 0.1) is 12.1 Å². The zero-order valence-electron chi connectivity index (χ0n) is 10.3. The van der Waals surface area contributed by atoms with Gasteiger partial charge in [-0.05, 0) is 18.4 Å². The van der Waals surface area contributed by atoms with E-state index in [1.54, 1.807) is 12.1 Å². The molecule has 1 rings (SSSR count). The van der Waals surface area contributed by atoms with E-state index in [0.29, 0.717) is 5.56 Å². The number of hydrogen-bond donors (Lipinski definition) is 2. The first-order chi connectivity index (χ1) is 7.23. The molecule has 0 spiro atoms. The van der Waals surface area contributed by atoms with Crippen LogP contribution in [0, 0.1) is 18.2 Å². The summed E-state index contributed by atoms with van der Waals surface area (Å²) in [5.41, 5.74) is 6.85. The van der Waals surface area contributed by atoms with Gasteiger partial charge in [0.2, 0.25) is 0 Å². The van der Waals surface area contributed by atoms with Gasteiger partial charge in [-0.2, -0.15) is 0 Å². The molecule has 3 heteroatoms. The first kappa shape index (κ1) is 13.1. The van der Waals surface area contributed by atoms with Crippen LogP contribution in [0.15, 0.2) is 18.2 Å². The second kappa shape index (κ2) is 4.52. The van der Waals surface area contributed by atoms with Gasteiger partial charge in [0.1, 0.15) is 5.82 Å². The summed E-state index contributed by atoms with van der Waals surface area (Å²) in [6, 6.07) is 4.07. The van der Waals surface area contributed by atoms with Crippen molar-refractivity contribution < 1.29 is 9.50 Å². The van der Waals surface area contributed by atoms with Crippen LogP contribution in [0.25, 0.3) is 0 Å². The third-order valence-electron chi connectivity index (χ3n) is 2.74. The maximum atomic E-state index is 13.6. The lowest BCUT2D eigenvalue weighted by Crippen LogP contribution is -2.37. The highest BCUT2D eigenvalue weighted by atomic mass is 19.1. The summed E-state index contributed by atoms with van der Waals surface area (Å²) in [6.45, 7) is 7.51. The summed E-state index contributed by atoms with van der Waals surface area (Å²) in [6.07, 6.45) is -0.774. The largest absolute Gasteiger partial charge is 0.391 e. The molecule has 2 nitrogen and oxygen atoms in total. The summed E-state index contributed by atoms with van der Waals surface area (Å²) in [7, 11) is 0. The second-order valence-corrected chi connectivity index (χ2v) is 5.36. The Morgan fingerprint density at radius 3 is 2.38 bits per heavy atom. The number of nitrogens with two attached hydrogens (primary N) is 1. The molecule has 0 aliphatic carbocycles. The number of benzene rings is 1. The van der Waals surface area contributed by atoms with Gasteiger partial charge < -0.3 is 10.8 Å². The van der Waals surface area contributed by atoms with E-state index in [1.807, 2.05) is 27.7 Å². The molecular weight excluding hydrogens is 205 g/mol. The zero-order valence-corrected chi connectivity index (χ0v) is 10.3. The zero-order chi connectivity index (χ0) is 12.5. The normalized spacial score (nSPS) is 15.9. The Bertz CT molecular complexity index is 371. The summed E-state index contributed by atoms with van der Waals surface area (Å²) in [4.78, 5) is 0. The van der Waals surface area contributed by atoms with Gasteiger partial charge in [0.25, 0.3) is 0 Å². The molecular formula is C13H20FNO. The molecule has 0 aromatic heterocycles. The van der Waals surface area contributed by atoms with Crippen LogP contribution in [0.5, 0.6) is 0 Å². The molecule has 0 heterocycles. The van der Waals surface area contributed by atoms with Crippen LogP contribution >= 0.6 is 0 Å². The molecule has 1 aromatic rings. The predicted molar refractivity (Wildman–Crippen MR) is 63.5 cm³/mol. The van der Waals surface area contributed by atoms with E-state index in [-0.39, 0.29) is 11.2 Å². The average Bonchev–Trinajstić information content (AvgIpc) is 2.18. The molecule has 0 radical (unpaired) electrons. The van der Waals surface area contributed by atoms with Crippen LogP contribution < -0.4 is 5.73 Å². The van der Waals surface area contributed by atoms with Gasteiger partial charge in [-0.15, -0.1) is 0 Å². The van der Waals surface area contributed by atoms with Gasteiger partial charge in [-0.3, -0.25) is 0 Å². The van der Waals surface area contributed by atoms with Crippen LogP contribution in [0.1, 0.15) is 37.9 Å². The number of hydrogen-bond acceptors (Lipinski definition) is 2. The lowest BCUT2D eigenvalue weighted by atomic mass is 9.82. The van der Waals surface area contributed by atoms with E-state index in [4.69, 9.17) is 5.73 Å². The molecule has 16 heavy (non-hydrogen) atoms. The molecule has 2 atom stereocenters. The number of aliphatic hydroxyl groups is 1. The Morgan fingerprint density at radius 1 is 1.31 bits per heavy atom. The molecule has 3 N–H and O–H groups in total. The Balaban J connectivity index is 3.05. The molecule has 0 fully saturated rings. The molecule has 0 amide bonds. The third kappa shape index (κ3) is 2.80. The van der Waals surface area contributed by atoms with Crippen LogP contribution in [0.4, 0.5) is 4.39 Å². The molecule has 90 valence electrons. The Hall–Kier alpha value is -0.930. The van der Waals surface area contributed by atoms with Crippen molar-refractivity contribution in [2.24, 2.45) is 11.1 Å². The number of halogens is 1. The van der Waals surface area contributed by atoms with Crippen molar-refractivity contribution >= 4 is 0 Å². The molecule has 0 bridgehead atoms. The van der Waals surface area contributed by atoms with Crippen LogP contribution in [-0.2, 0) is 0 Å². The minimum absolute atomic E-state index is 0.360. The lowest BCUT2D eigenvalue weighted by Gasteiger charge is -2.31. The van der Waals surface area contributed by atoms with Crippen molar-refractivity contribution in [3.63, 3.8) is 0 Å². The predicted octanol–water partition coefficient (Wildman–Crippen LogP) is 2.54. The van der Waals surface area contributed by atoms with Crippen molar-refractivity contribution in [3.05, 3.63) is 35.1 Å².